The molecule has 0 saturated carbocycles. The summed E-state index contributed by atoms with van der Waals surface area (Å²) in [5.74, 6) is -0.972. The van der Waals surface area contributed by atoms with E-state index in [9.17, 15) is 4.79 Å². The van der Waals surface area contributed by atoms with Crippen LogP contribution in [0.15, 0.2) is 40.9 Å². The Morgan fingerprint density at radius 2 is 2.13 bits per heavy atom. The van der Waals surface area contributed by atoms with Crippen molar-refractivity contribution in [1.82, 2.24) is 0 Å². The van der Waals surface area contributed by atoms with E-state index >= 15 is 0 Å². The molecule has 0 amide bonds. The van der Waals surface area contributed by atoms with E-state index in [0.29, 0.717) is 5.02 Å². The van der Waals surface area contributed by atoms with Crippen LogP contribution in [0.5, 0.6) is 0 Å². The summed E-state index contributed by atoms with van der Waals surface area (Å²) < 4.78 is 0.925. The average molecular weight is 288 g/mol. The molecule has 0 aromatic heterocycles. The van der Waals surface area contributed by atoms with Crippen LogP contribution in [0.25, 0.3) is 6.08 Å². The Hall–Kier alpha value is -1.06. The van der Waals surface area contributed by atoms with Crippen molar-refractivity contribution in [3.63, 3.8) is 0 Å². The van der Waals surface area contributed by atoms with Crippen molar-refractivity contribution in [3.8, 4) is 0 Å². The van der Waals surface area contributed by atoms with Gasteiger partial charge in [0.1, 0.15) is 0 Å². The van der Waals surface area contributed by atoms with Crippen LogP contribution in [0.4, 0.5) is 0 Å². The minimum absolute atomic E-state index is 0.623. The van der Waals surface area contributed by atoms with E-state index in [-0.39, 0.29) is 0 Å². The molecule has 1 aromatic carbocycles. The molecule has 78 valence electrons. The molecule has 0 radical (unpaired) electrons. The fraction of sp³-hybridized carbons (Fsp3) is 0. The maximum atomic E-state index is 10.2. The normalized spacial score (nSPS) is 11.3. The van der Waals surface area contributed by atoms with Gasteiger partial charge in [0.25, 0.3) is 0 Å². The summed E-state index contributed by atoms with van der Waals surface area (Å²) in [4.78, 5) is 10.2. The number of carboxylic acids is 1. The molecule has 0 heterocycles. The summed E-state index contributed by atoms with van der Waals surface area (Å²) in [5.41, 5.74) is 0.834. The standard InChI is InChI=1S/C11H8BrClO2/c12-9-5-6-10(13)8(7-9)3-1-2-4-11(14)15/h1-7H,(H,14,15)/b3-1+,4-2+. The second-order valence-electron chi connectivity index (χ2n) is 2.72. The van der Waals surface area contributed by atoms with Crippen LogP contribution >= 0.6 is 27.5 Å². The van der Waals surface area contributed by atoms with E-state index < -0.39 is 5.97 Å². The number of benzene rings is 1. The van der Waals surface area contributed by atoms with E-state index in [1.54, 1.807) is 18.2 Å². The lowest BCUT2D eigenvalue weighted by Crippen LogP contribution is -1.84. The quantitative estimate of drug-likeness (QED) is 0.679. The first-order valence-corrected chi connectivity index (χ1v) is 5.29. The molecule has 0 aliphatic heterocycles. The van der Waals surface area contributed by atoms with E-state index in [1.165, 1.54) is 6.08 Å². The van der Waals surface area contributed by atoms with Crippen LogP contribution in [-0.2, 0) is 4.79 Å². The Balaban J connectivity index is 2.80. The van der Waals surface area contributed by atoms with Crippen molar-refractivity contribution in [3.05, 3.63) is 51.5 Å². The van der Waals surface area contributed by atoms with Gasteiger partial charge in [-0.15, -0.1) is 0 Å². The molecule has 0 aliphatic carbocycles. The maximum absolute atomic E-state index is 10.2. The monoisotopic (exact) mass is 286 g/mol. The third kappa shape index (κ3) is 4.32. The third-order valence-corrected chi connectivity index (χ3v) is 2.42. The van der Waals surface area contributed by atoms with Gasteiger partial charge in [0.15, 0.2) is 0 Å². The first-order valence-electron chi connectivity index (χ1n) is 4.12. The van der Waals surface area contributed by atoms with Gasteiger partial charge in [-0.3, -0.25) is 0 Å². The zero-order valence-corrected chi connectivity index (χ0v) is 9.99. The van der Waals surface area contributed by atoms with Gasteiger partial charge < -0.3 is 5.11 Å². The predicted molar refractivity (Wildman–Crippen MR) is 65.0 cm³/mol. The minimum atomic E-state index is -0.972. The number of hydrogen-bond acceptors (Lipinski definition) is 1. The minimum Gasteiger partial charge on any atom is -0.478 e. The first-order chi connectivity index (χ1) is 7.09. The lowest BCUT2D eigenvalue weighted by atomic mass is 10.2. The fourth-order valence-electron chi connectivity index (χ4n) is 0.939. The smallest absolute Gasteiger partial charge is 0.328 e. The van der Waals surface area contributed by atoms with Gasteiger partial charge in [0.05, 0.1) is 0 Å². The van der Waals surface area contributed by atoms with Gasteiger partial charge in [-0.1, -0.05) is 45.8 Å². The largest absolute Gasteiger partial charge is 0.478 e. The van der Waals surface area contributed by atoms with Crippen molar-refractivity contribution in [1.29, 1.82) is 0 Å². The molecule has 0 fully saturated rings. The molecule has 0 saturated heterocycles. The fourth-order valence-corrected chi connectivity index (χ4v) is 1.50. The van der Waals surface area contributed by atoms with Crippen LogP contribution in [0.2, 0.25) is 5.02 Å². The van der Waals surface area contributed by atoms with Crippen LogP contribution in [0, 0.1) is 0 Å². The Kier molecular flexibility index (Phi) is 4.59. The second-order valence-corrected chi connectivity index (χ2v) is 4.05. The first kappa shape index (κ1) is 12.0. The van der Waals surface area contributed by atoms with Gasteiger partial charge >= 0.3 is 5.97 Å². The number of carbonyl (C=O) groups is 1. The molecule has 1 rings (SSSR count). The lowest BCUT2D eigenvalue weighted by molar-refractivity contribution is -0.131. The molecule has 4 heteroatoms. The highest BCUT2D eigenvalue weighted by molar-refractivity contribution is 9.10. The van der Waals surface area contributed by atoms with Crippen LogP contribution < -0.4 is 0 Å². The number of hydrogen-bond donors (Lipinski definition) is 1. The zero-order chi connectivity index (χ0) is 11.3. The van der Waals surface area contributed by atoms with Gasteiger partial charge in [0, 0.05) is 15.6 Å². The zero-order valence-electron chi connectivity index (χ0n) is 7.65. The van der Waals surface area contributed by atoms with Gasteiger partial charge in [-0.2, -0.15) is 0 Å². The molecule has 15 heavy (non-hydrogen) atoms. The topological polar surface area (TPSA) is 37.3 Å². The number of allylic oxidation sites excluding steroid dienone is 2. The summed E-state index contributed by atoms with van der Waals surface area (Å²) in [6.45, 7) is 0. The van der Waals surface area contributed by atoms with E-state index in [0.717, 1.165) is 16.1 Å². The highest BCUT2D eigenvalue weighted by Gasteiger charge is 1.95. The molecule has 1 N–H and O–H groups in total. The highest BCUT2D eigenvalue weighted by atomic mass is 79.9. The number of aliphatic carboxylic acids is 1. The summed E-state index contributed by atoms with van der Waals surface area (Å²) >= 11 is 9.25. The van der Waals surface area contributed by atoms with Gasteiger partial charge in [0.2, 0.25) is 0 Å². The highest BCUT2D eigenvalue weighted by Crippen LogP contribution is 2.21. The number of halogens is 2. The van der Waals surface area contributed by atoms with Crippen molar-refractivity contribution >= 4 is 39.6 Å². The molecular weight excluding hydrogens is 279 g/mol. The lowest BCUT2D eigenvalue weighted by Gasteiger charge is -1.97. The average Bonchev–Trinajstić information content (AvgIpc) is 2.17. The molecular formula is C11H8BrClO2. The predicted octanol–water partition coefficient (Wildman–Crippen LogP) is 3.76. The van der Waals surface area contributed by atoms with E-state index in [1.807, 2.05) is 12.1 Å². The molecule has 0 atom stereocenters. The summed E-state index contributed by atoms with van der Waals surface area (Å²) in [5, 5.41) is 8.98. The second kappa shape index (κ2) is 5.73. The van der Waals surface area contributed by atoms with E-state index in [2.05, 4.69) is 15.9 Å². The van der Waals surface area contributed by atoms with Crippen LogP contribution in [0.3, 0.4) is 0 Å². The molecule has 0 spiro atoms. The summed E-state index contributed by atoms with van der Waals surface area (Å²) in [6.07, 6.45) is 5.87. The molecule has 0 unspecified atom stereocenters. The van der Waals surface area contributed by atoms with Gasteiger partial charge in [-0.05, 0) is 23.8 Å². The van der Waals surface area contributed by atoms with Crippen LogP contribution in [0.1, 0.15) is 5.56 Å². The van der Waals surface area contributed by atoms with Gasteiger partial charge in [-0.25, -0.2) is 4.79 Å². The van der Waals surface area contributed by atoms with E-state index in [4.69, 9.17) is 16.7 Å². The number of rotatable bonds is 3. The molecule has 1 aromatic rings. The Labute approximate surface area is 101 Å². The Bertz CT molecular complexity index is 425. The maximum Gasteiger partial charge on any atom is 0.328 e. The third-order valence-electron chi connectivity index (χ3n) is 1.58. The Morgan fingerprint density at radius 1 is 1.40 bits per heavy atom. The molecule has 0 bridgehead atoms. The molecule has 2 nitrogen and oxygen atoms in total. The summed E-state index contributed by atoms with van der Waals surface area (Å²) in [6, 6.07) is 5.46. The molecule has 0 aliphatic rings. The summed E-state index contributed by atoms with van der Waals surface area (Å²) in [7, 11) is 0. The number of carboxylic acid groups (broad SMARTS) is 1. The van der Waals surface area contributed by atoms with Crippen molar-refractivity contribution in [2.75, 3.05) is 0 Å². The van der Waals surface area contributed by atoms with Crippen molar-refractivity contribution in [2.45, 2.75) is 0 Å². The SMILES string of the molecule is O=C(O)/C=C/C=C/c1cc(Br)ccc1Cl. The Morgan fingerprint density at radius 3 is 2.80 bits per heavy atom. The van der Waals surface area contributed by atoms with Crippen LogP contribution in [-0.4, -0.2) is 11.1 Å². The van der Waals surface area contributed by atoms with Crippen molar-refractivity contribution < 1.29 is 9.90 Å². The van der Waals surface area contributed by atoms with Crippen molar-refractivity contribution in [2.24, 2.45) is 0 Å².